The highest BCUT2D eigenvalue weighted by atomic mass is 32.1. The van der Waals surface area contributed by atoms with Crippen LogP contribution in [0.15, 0.2) is 30.2 Å². The molecule has 1 saturated heterocycles. The highest BCUT2D eigenvalue weighted by molar-refractivity contribution is 7.10. The van der Waals surface area contributed by atoms with Crippen LogP contribution in [0.3, 0.4) is 0 Å². The van der Waals surface area contributed by atoms with Crippen molar-refractivity contribution in [3.05, 3.63) is 35.0 Å². The molecule has 2 aromatic rings. The second-order valence-electron chi connectivity index (χ2n) is 5.39. The van der Waals surface area contributed by atoms with E-state index in [1.165, 1.54) is 11.2 Å². The zero-order valence-corrected chi connectivity index (χ0v) is 13.7. The van der Waals surface area contributed by atoms with Crippen LogP contribution in [0, 0.1) is 0 Å². The van der Waals surface area contributed by atoms with E-state index >= 15 is 0 Å². The Bertz CT molecular complexity index is 581. The maximum atomic E-state index is 12.1. The molecule has 0 radical (unpaired) electrons. The van der Waals surface area contributed by atoms with E-state index in [2.05, 4.69) is 37.8 Å². The number of aryl methyl sites for hydroxylation is 1. The molecule has 1 N–H and O–H groups in total. The fourth-order valence-electron chi connectivity index (χ4n) is 2.64. The van der Waals surface area contributed by atoms with Gasteiger partial charge in [-0.3, -0.25) is 14.4 Å². The number of amides is 1. The topological polar surface area (TPSA) is 72.3 Å². The SMILES string of the molecule is O=C(CCn1cncn1)NC[C@@H](c1cccs1)N1CCOCC1. The van der Waals surface area contributed by atoms with Crippen LogP contribution in [0.1, 0.15) is 17.3 Å². The van der Waals surface area contributed by atoms with E-state index < -0.39 is 0 Å². The van der Waals surface area contributed by atoms with Gasteiger partial charge in [-0.1, -0.05) is 6.07 Å². The van der Waals surface area contributed by atoms with Crippen molar-refractivity contribution in [2.24, 2.45) is 0 Å². The molecule has 0 spiro atoms. The summed E-state index contributed by atoms with van der Waals surface area (Å²) in [6, 6.07) is 4.40. The quantitative estimate of drug-likeness (QED) is 0.815. The first-order valence-electron chi connectivity index (χ1n) is 7.77. The molecule has 7 nitrogen and oxygen atoms in total. The van der Waals surface area contributed by atoms with Gasteiger partial charge in [0.25, 0.3) is 0 Å². The molecule has 0 aliphatic carbocycles. The van der Waals surface area contributed by atoms with Crippen LogP contribution in [-0.2, 0) is 16.1 Å². The fraction of sp³-hybridized carbons (Fsp3) is 0.533. The molecule has 3 rings (SSSR count). The highest BCUT2D eigenvalue weighted by Gasteiger charge is 2.23. The Morgan fingerprint density at radius 1 is 1.43 bits per heavy atom. The largest absolute Gasteiger partial charge is 0.379 e. The number of aromatic nitrogens is 3. The minimum atomic E-state index is 0.0373. The number of carbonyl (C=O) groups excluding carboxylic acids is 1. The van der Waals surface area contributed by atoms with E-state index in [-0.39, 0.29) is 11.9 Å². The molecule has 2 aromatic heterocycles. The van der Waals surface area contributed by atoms with Crippen LogP contribution in [0.25, 0.3) is 0 Å². The van der Waals surface area contributed by atoms with Gasteiger partial charge in [0.1, 0.15) is 12.7 Å². The molecule has 0 unspecified atom stereocenters. The minimum absolute atomic E-state index is 0.0373. The average Bonchev–Trinajstić information content (AvgIpc) is 3.28. The van der Waals surface area contributed by atoms with Gasteiger partial charge in [-0.2, -0.15) is 5.10 Å². The van der Waals surface area contributed by atoms with Crippen LogP contribution >= 0.6 is 11.3 Å². The van der Waals surface area contributed by atoms with Crippen molar-refractivity contribution < 1.29 is 9.53 Å². The van der Waals surface area contributed by atoms with Gasteiger partial charge >= 0.3 is 0 Å². The van der Waals surface area contributed by atoms with Crippen molar-refractivity contribution in [1.82, 2.24) is 25.0 Å². The minimum Gasteiger partial charge on any atom is -0.379 e. The second-order valence-corrected chi connectivity index (χ2v) is 6.37. The van der Waals surface area contributed by atoms with Crippen molar-refractivity contribution in [2.75, 3.05) is 32.8 Å². The summed E-state index contributed by atoms with van der Waals surface area (Å²) in [7, 11) is 0. The standard InChI is InChI=1S/C15H21N5O2S/c21-15(3-4-20-12-16-11-18-20)17-10-13(14-2-1-9-23-14)19-5-7-22-8-6-19/h1-2,9,11-13H,3-8,10H2,(H,17,21)/t13-/m0/s1. The van der Waals surface area contributed by atoms with Crippen LogP contribution in [0.5, 0.6) is 0 Å². The number of morpholine rings is 1. The van der Waals surface area contributed by atoms with Gasteiger partial charge < -0.3 is 10.1 Å². The lowest BCUT2D eigenvalue weighted by Crippen LogP contribution is -2.43. The summed E-state index contributed by atoms with van der Waals surface area (Å²) >= 11 is 1.73. The van der Waals surface area contributed by atoms with Gasteiger partial charge in [-0.15, -0.1) is 11.3 Å². The van der Waals surface area contributed by atoms with Crippen LogP contribution in [0.2, 0.25) is 0 Å². The summed E-state index contributed by atoms with van der Waals surface area (Å²) in [6.45, 7) is 4.47. The monoisotopic (exact) mass is 335 g/mol. The maximum absolute atomic E-state index is 12.1. The number of nitrogens with zero attached hydrogens (tertiary/aromatic N) is 4. The molecule has 1 aliphatic rings. The zero-order chi connectivity index (χ0) is 15.9. The molecule has 23 heavy (non-hydrogen) atoms. The number of nitrogens with one attached hydrogen (secondary N) is 1. The first-order chi connectivity index (χ1) is 11.3. The van der Waals surface area contributed by atoms with Gasteiger partial charge in [-0.05, 0) is 11.4 Å². The molecule has 0 saturated carbocycles. The van der Waals surface area contributed by atoms with Gasteiger partial charge in [0, 0.05) is 30.9 Å². The number of carbonyl (C=O) groups is 1. The third-order valence-corrected chi connectivity index (χ3v) is 4.86. The van der Waals surface area contributed by atoms with E-state index in [1.54, 1.807) is 22.3 Å². The van der Waals surface area contributed by atoms with E-state index in [0.29, 0.717) is 19.5 Å². The number of thiophene rings is 1. The third-order valence-electron chi connectivity index (χ3n) is 3.89. The number of rotatable bonds is 7. The summed E-state index contributed by atoms with van der Waals surface area (Å²) < 4.78 is 7.10. The molecule has 1 aliphatic heterocycles. The Balaban J connectivity index is 1.52. The third kappa shape index (κ3) is 4.60. The molecule has 3 heterocycles. The molecular weight excluding hydrogens is 314 g/mol. The van der Waals surface area contributed by atoms with Crippen molar-refractivity contribution in [3.8, 4) is 0 Å². The lowest BCUT2D eigenvalue weighted by atomic mass is 10.2. The smallest absolute Gasteiger partial charge is 0.221 e. The van der Waals surface area contributed by atoms with Crippen molar-refractivity contribution >= 4 is 17.2 Å². The average molecular weight is 335 g/mol. The van der Waals surface area contributed by atoms with Gasteiger partial charge in [0.15, 0.2) is 0 Å². The predicted octanol–water partition coefficient (Wildman–Crippen LogP) is 0.919. The Hall–Kier alpha value is -1.77. The van der Waals surface area contributed by atoms with E-state index in [1.807, 2.05) is 0 Å². The maximum Gasteiger partial charge on any atom is 0.221 e. The summed E-state index contributed by atoms with van der Waals surface area (Å²) in [5.41, 5.74) is 0. The van der Waals surface area contributed by atoms with Crippen molar-refractivity contribution in [3.63, 3.8) is 0 Å². The van der Waals surface area contributed by atoms with Crippen LogP contribution in [-0.4, -0.2) is 58.4 Å². The summed E-state index contributed by atoms with van der Waals surface area (Å²) in [6.07, 6.45) is 3.50. The molecular formula is C15H21N5O2S. The van der Waals surface area contributed by atoms with Crippen molar-refractivity contribution in [1.29, 1.82) is 0 Å². The number of ether oxygens (including phenoxy) is 1. The lowest BCUT2D eigenvalue weighted by molar-refractivity contribution is -0.121. The molecule has 1 fully saturated rings. The van der Waals surface area contributed by atoms with E-state index in [9.17, 15) is 4.79 Å². The molecule has 8 heteroatoms. The zero-order valence-electron chi connectivity index (χ0n) is 12.9. The molecule has 124 valence electrons. The number of hydrogen-bond acceptors (Lipinski definition) is 6. The fourth-order valence-corrected chi connectivity index (χ4v) is 3.50. The van der Waals surface area contributed by atoms with E-state index in [0.717, 1.165) is 26.3 Å². The van der Waals surface area contributed by atoms with Gasteiger partial charge in [0.05, 0.1) is 25.8 Å². The first kappa shape index (κ1) is 16.1. The van der Waals surface area contributed by atoms with Crippen molar-refractivity contribution in [2.45, 2.75) is 19.0 Å². The Labute approximate surface area is 139 Å². The summed E-state index contributed by atoms with van der Waals surface area (Å²) in [5, 5.41) is 9.14. The molecule has 0 aromatic carbocycles. The Morgan fingerprint density at radius 3 is 3.00 bits per heavy atom. The summed E-state index contributed by atoms with van der Waals surface area (Å²) in [5.74, 6) is 0.0373. The molecule has 1 atom stereocenters. The van der Waals surface area contributed by atoms with Crippen LogP contribution in [0.4, 0.5) is 0 Å². The summed E-state index contributed by atoms with van der Waals surface area (Å²) in [4.78, 5) is 19.6. The van der Waals surface area contributed by atoms with E-state index in [4.69, 9.17) is 4.74 Å². The predicted molar refractivity (Wildman–Crippen MR) is 87.1 cm³/mol. The van der Waals surface area contributed by atoms with Gasteiger partial charge in [0.2, 0.25) is 5.91 Å². The Kier molecular flexibility index (Phi) is 5.73. The Morgan fingerprint density at radius 2 is 2.30 bits per heavy atom. The highest BCUT2D eigenvalue weighted by Crippen LogP contribution is 2.25. The molecule has 0 bridgehead atoms. The lowest BCUT2D eigenvalue weighted by Gasteiger charge is -2.34. The first-order valence-corrected chi connectivity index (χ1v) is 8.65. The molecule has 1 amide bonds. The van der Waals surface area contributed by atoms with Gasteiger partial charge in [-0.25, -0.2) is 4.98 Å². The second kappa shape index (κ2) is 8.19. The normalized spacial score (nSPS) is 17.0. The number of hydrogen-bond donors (Lipinski definition) is 1. The van der Waals surface area contributed by atoms with Crippen LogP contribution < -0.4 is 5.32 Å².